The molecule has 2 fully saturated rings. The Balaban J connectivity index is 1.68. The molecule has 0 bridgehead atoms. The van der Waals surface area contributed by atoms with Crippen molar-refractivity contribution in [2.75, 3.05) is 20.3 Å². The lowest BCUT2D eigenvalue weighted by molar-refractivity contribution is -0.150. The summed E-state index contributed by atoms with van der Waals surface area (Å²) in [5.74, 6) is 0.0554. The third kappa shape index (κ3) is 2.55. The van der Waals surface area contributed by atoms with Crippen molar-refractivity contribution in [3.05, 3.63) is 17.4 Å². The lowest BCUT2D eigenvalue weighted by Gasteiger charge is -2.38. The zero-order chi connectivity index (χ0) is 14.1. The number of rotatable bonds is 3. The van der Waals surface area contributed by atoms with Gasteiger partial charge in [-0.3, -0.25) is 9.48 Å². The molecule has 110 valence electrons. The summed E-state index contributed by atoms with van der Waals surface area (Å²) in [6, 6.07) is 0.118. The Bertz CT molecular complexity index is 493. The number of methoxy groups -OCH3 is 1. The Kier molecular flexibility index (Phi) is 3.96. The molecule has 1 aliphatic heterocycles. The van der Waals surface area contributed by atoms with E-state index in [-0.39, 0.29) is 30.7 Å². The van der Waals surface area contributed by atoms with Crippen molar-refractivity contribution in [1.82, 2.24) is 14.7 Å². The average molecular weight is 300 g/mol. The summed E-state index contributed by atoms with van der Waals surface area (Å²) in [6.07, 6.45) is 5.14. The van der Waals surface area contributed by atoms with Gasteiger partial charge in [0.2, 0.25) is 5.91 Å². The van der Waals surface area contributed by atoms with Crippen molar-refractivity contribution < 1.29 is 14.3 Å². The van der Waals surface area contributed by atoms with E-state index in [0.717, 1.165) is 12.8 Å². The molecule has 0 unspecified atom stereocenters. The molecule has 0 N–H and O–H groups in total. The number of hydrogen-bond acceptors (Lipinski definition) is 4. The molecule has 7 heteroatoms. The van der Waals surface area contributed by atoms with Crippen LogP contribution >= 0.6 is 11.6 Å². The van der Waals surface area contributed by atoms with Crippen molar-refractivity contribution in [3.8, 4) is 0 Å². The van der Waals surface area contributed by atoms with Gasteiger partial charge in [0.1, 0.15) is 12.6 Å². The molecule has 1 amide bonds. The first-order valence-corrected chi connectivity index (χ1v) is 7.18. The lowest BCUT2D eigenvalue weighted by atomic mass is 10.1. The summed E-state index contributed by atoms with van der Waals surface area (Å²) in [5.41, 5.74) is 0. The number of halogens is 1. The van der Waals surface area contributed by atoms with Crippen LogP contribution in [0.3, 0.4) is 0 Å². The van der Waals surface area contributed by atoms with Gasteiger partial charge >= 0.3 is 0 Å². The number of carbonyl (C=O) groups excluding carboxylic acids is 1. The summed E-state index contributed by atoms with van der Waals surface area (Å²) in [6.45, 7) is 1.41. The molecule has 2 aliphatic rings. The first-order valence-electron chi connectivity index (χ1n) is 6.81. The fourth-order valence-electron chi connectivity index (χ4n) is 3.13. The van der Waals surface area contributed by atoms with Gasteiger partial charge in [-0.25, -0.2) is 0 Å². The van der Waals surface area contributed by atoms with Crippen LogP contribution in [0.1, 0.15) is 12.8 Å². The molecule has 1 aliphatic carbocycles. The zero-order valence-corrected chi connectivity index (χ0v) is 12.1. The fraction of sp³-hybridized carbons (Fsp3) is 0.692. The number of ether oxygens (including phenoxy) is 2. The van der Waals surface area contributed by atoms with E-state index < -0.39 is 0 Å². The van der Waals surface area contributed by atoms with Crippen molar-refractivity contribution in [3.63, 3.8) is 0 Å². The Hall–Kier alpha value is -1.11. The third-order valence-corrected chi connectivity index (χ3v) is 4.25. The van der Waals surface area contributed by atoms with E-state index in [1.54, 1.807) is 18.0 Å². The monoisotopic (exact) mass is 299 g/mol. The smallest absolute Gasteiger partial charge is 0.244 e. The second-order valence-electron chi connectivity index (χ2n) is 5.20. The summed E-state index contributed by atoms with van der Waals surface area (Å²) in [5, 5.41) is 4.59. The van der Waals surface area contributed by atoms with Crippen LogP contribution in [0.15, 0.2) is 12.4 Å². The molecular formula is C13H18ClN3O3. The highest BCUT2D eigenvalue weighted by Gasteiger charge is 2.44. The number of fused-ring (bicyclic) bond motifs is 1. The van der Waals surface area contributed by atoms with Crippen LogP contribution in [-0.4, -0.2) is 59.1 Å². The molecule has 3 rings (SSSR count). The highest BCUT2D eigenvalue weighted by molar-refractivity contribution is 6.30. The van der Waals surface area contributed by atoms with E-state index in [4.69, 9.17) is 21.1 Å². The summed E-state index contributed by atoms with van der Waals surface area (Å²) in [7, 11) is 1.70. The van der Waals surface area contributed by atoms with Gasteiger partial charge < -0.3 is 14.4 Å². The maximum atomic E-state index is 12.4. The zero-order valence-electron chi connectivity index (χ0n) is 11.4. The van der Waals surface area contributed by atoms with E-state index in [1.807, 2.05) is 4.90 Å². The van der Waals surface area contributed by atoms with Gasteiger partial charge in [0.25, 0.3) is 0 Å². The first kappa shape index (κ1) is 13.9. The molecule has 0 radical (unpaired) electrons. The number of carbonyl (C=O) groups is 1. The standard InChI is InChI=1S/C13H18ClN3O3/c1-19-11-3-2-10-13(11)20-5-4-17(10)12(18)8-16-7-9(14)6-15-16/h6-7,10-11,13H,2-5,8H2,1H3/t10-,11+,13+/m0/s1. The van der Waals surface area contributed by atoms with Gasteiger partial charge in [0.05, 0.1) is 30.0 Å². The molecule has 1 aromatic rings. The highest BCUT2D eigenvalue weighted by atomic mass is 35.5. The SMILES string of the molecule is CO[C@@H]1CC[C@H]2[C@H]1OCCN2C(=O)Cn1cc(Cl)cn1. The molecule has 0 aromatic carbocycles. The van der Waals surface area contributed by atoms with Gasteiger partial charge in [-0.1, -0.05) is 11.6 Å². The van der Waals surface area contributed by atoms with Crippen molar-refractivity contribution in [2.45, 2.75) is 37.6 Å². The number of hydrogen-bond donors (Lipinski definition) is 0. The molecule has 6 nitrogen and oxygen atoms in total. The Labute approximate surface area is 122 Å². The number of aromatic nitrogens is 2. The first-order chi connectivity index (χ1) is 9.69. The molecular weight excluding hydrogens is 282 g/mol. The van der Waals surface area contributed by atoms with Gasteiger partial charge in [0, 0.05) is 19.9 Å². The van der Waals surface area contributed by atoms with Crippen LogP contribution in [-0.2, 0) is 20.8 Å². The molecule has 1 saturated heterocycles. The predicted molar refractivity (Wildman–Crippen MR) is 72.5 cm³/mol. The van der Waals surface area contributed by atoms with Crippen LogP contribution in [0.5, 0.6) is 0 Å². The van der Waals surface area contributed by atoms with E-state index in [1.165, 1.54) is 6.20 Å². The molecule has 2 heterocycles. The topological polar surface area (TPSA) is 56.6 Å². The van der Waals surface area contributed by atoms with Crippen molar-refractivity contribution in [2.24, 2.45) is 0 Å². The van der Waals surface area contributed by atoms with E-state index in [2.05, 4.69) is 5.10 Å². The number of nitrogens with zero attached hydrogens (tertiary/aromatic N) is 3. The fourth-order valence-corrected chi connectivity index (χ4v) is 3.29. The number of amides is 1. The van der Waals surface area contributed by atoms with Crippen molar-refractivity contribution >= 4 is 17.5 Å². The Morgan fingerprint density at radius 3 is 3.15 bits per heavy atom. The predicted octanol–water partition coefficient (Wildman–Crippen LogP) is 0.941. The highest BCUT2D eigenvalue weighted by Crippen LogP contribution is 2.31. The van der Waals surface area contributed by atoms with E-state index >= 15 is 0 Å². The molecule has 1 aromatic heterocycles. The molecule has 1 saturated carbocycles. The van der Waals surface area contributed by atoms with Crippen LogP contribution in [0.4, 0.5) is 0 Å². The normalized spacial score (nSPS) is 29.5. The maximum Gasteiger partial charge on any atom is 0.244 e. The quantitative estimate of drug-likeness (QED) is 0.833. The molecule has 3 atom stereocenters. The van der Waals surface area contributed by atoms with Crippen LogP contribution in [0, 0.1) is 0 Å². The van der Waals surface area contributed by atoms with Crippen LogP contribution in [0.2, 0.25) is 5.02 Å². The van der Waals surface area contributed by atoms with Gasteiger partial charge in [-0.2, -0.15) is 5.10 Å². The largest absolute Gasteiger partial charge is 0.379 e. The van der Waals surface area contributed by atoms with Gasteiger partial charge in [-0.05, 0) is 12.8 Å². The van der Waals surface area contributed by atoms with Crippen molar-refractivity contribution in [1.29, 1.82) is 0 Å². The second-order valence-corrected chi connectivity index (χ2v) is 5.63. The number of morpholine rings is 1. The average Bonchev–Trinajstić information content (AvgIpc) is 3.04. The van der Waals surface area contributed by atoms with E-state index in [0.29, 0.717) is 18.2 Å². The van der Waals surface area contributed by atoms with Gasteiger partial charge in [-0.15, -0.1) is 0 Å². The lowest BCUT2D eigenvalue weighted by Crippen LogP contribution is -2.54. The van der Waals surface area contributed by atoms with E-state index in [9.17, 15) is 4.79 Å². The summed E-state index contributed by atoms with van der Waals surface area (Å²) >= 11 is 5.81. The minimum atomic E-state index is -0.00101. The summed E-state index contributed by atoms with van der Waals surface area (Å²) < 4.78 is 12.8. The molecule has 20 heavy (non-hydrogen) atoms. The maximum absolute atomic E-state index is 12.4. The minimum absolute atomic E-state index is 0.00101. The third-order valence-electron chi connectivity index (χ3n) is 4.06. The van der Waals surface area contributed by atoms with Crippen LogP contribution in [0.25, 0.3) is 0 Å². The van der Waals surface area contributed by atoms with Gasteiger partial charge in [0.15, 0.2) is 0 Å². The molecule has 0 spiro atoms. The Morgan fingerprint density at radius 1 is 1.60 bits per heavy atom. The van der Waals surface area contributed by atoms with Crippen LogP contribution < -0.4 is 0 Å². The Morgan fingerprint density at radius 2 is 2.45 bits per heavy atom. The minimum Gasteiger partial charge on any atom is -0.379 e. The summed E-state index contributed by atoms with van der Waals surface area (Å²) in [4.78, 5) is 14.3. The second kappa shape index (κ2) is 5.71.